The lowest BCUT2D eigenvalue weighted by Crippen LogP contribution is -2.11. The first-order valence-electron chi connectivity index (χ1n) is 16.9. The molecule has 0 aliphatic carbocycles. The van der Waals surface area contributed by atoms with Gasteiger partial charge in [0.05, 0.1) is 5.69 Å². The van der Waals surface area contributed by atoms with Gasteiger partial charge in [0, 0.05) is 28.1 Å². The van der Waals surface area contributed by atoms with Crippen molar-refractivity contribution in [2.24, 2.45) is 0 Å². The van der Waals surface area contributed by atoms with Crippen LogP contribution in [0.15, 0.2) is 199 Å². The predicted molar refractivity (Wildman–Crippen MR) is 208 cm³/mol. The molecule has 0 saturated heterocycles. The second kappa shape index (κ2) is 12.7. The van der Waals surface area contributed by atoms with Gasteiger partial charge >= 0.3 is 0 Å². The summed E-state index contributed by atoms with van der Waals surface area (Å²) in [6.45, 7) is 0. The zero-order valence-electron chi connectivity index (χ0n) is 27.3. The number of hydrogen-bond donors (Lipinski definition) is 0. The van der Waals surface area contributed by atoms with E-state index in [4.69, 9.17) is 9.40 Å². The normalized spacial score (nSPS) is 11.2. The molecule has 8 aromatic carbocycles. The fourth-order valence-corrected chi connectivity index (χ4v) is 6.80. The number of oxazole rings is 1. The molecular weight excluding hydrogens is 609 g/mol. The molecule has 50 heavy (non-hydrogen) atoms. The van der Waals surface area contributed by atoms with Crippen LogP contribution in [0, 0.1) is 0 Å². The highest BCUT2D eigenvalue weighted by Gasteiger charge is 2.18. The first-order chi connectivity index (χ1) is 24.8. The Bertz CT molecular complexity index is 2570. The summed E-state index contributed by atoms with van der Waals surface area (Å²) in [5, 5.41) is 2.49. The Morgan fingerprint density at radius 3 is 1.68 bits per heavy atom. The summed E-state index contributed by atoms with van der Waals surface area (Å²) in [5.41, 5.74) is 12.6. The summed E-state index contributed by atoms with van der Waals surface area (Å²) in [7, 11) is 0. The van der Waals surface area contributed by atoms with E-state index in [1.54, 1.807) is 0 Å². The molecule has 236 valence electrons. The number of rotatable bonds is 7. The van der Waals surface area contributed by atoms with Crippen LogP contribution in [0.5, 0.6) is 0 Å². The van der Waals surface area contributed by atoms with Crippen molar-refractivity contribution in [3.8, 4) is 44.8 Å². The summed E-state index contributed by atoms with van der Waals surface area (Å²) < 4.78 is 6.37. The lowest BCUT2D eigenvalue weighted by atomic mass is 9.99. The van der Waals surface area contributed by atoms with E-state index in [0.29, 0.717) is 5.89 Å². The van der Waals surface area contributed by atoms with Gasteiger partial charge in [-0.25, -0.2) is 4.98 Å². The highest BCUT2D eigenvalue weighted by Crippen LogP contribution is 2.42. The van der Waals surface area contributed by atoms with Crippen molar-refractivity contribution in [1.82, 2.24) is 4.98 Å². The van der Waals surface area contributed by atoms with Gasteiger partial charge in [0.1, 0.15) is 5.52 Å². The SMILES string of the molecule is c1ccc(-c2nc3cccc(-c4ccc(N(c5ccc(-c6ccc7ccccc7c6)cc5)c5ccccc5-c5ccccc5)cc4)c3o2)cc1. The van der Waals surface area contributed by atoms with Gasteiger partial charge in [0.25, 0.3) is 0 Å². The molecule has 9 aromatic rings. The monoisotopic (exact) mass is 640 g/mol. The molecule has 0 aliphatic heterocycles. The van der Waals surface area contributed by atoms with Crippen LogP contribution in [-0.4, -0.2) is 4.98 Å². The third-order valence-corrected chi connectivity index (χ3v) is 9.31. The van der Waals surface area contributed by atoms with E-state index in [1.807, 2.05) is 42.5 Å². The molecule has 0 fully saturated rings. The molecular formula is C47H32N2O. The Balaban J connectivity index is 1.13. The molecule has 1 aromatic heterocycles. The maximum atomic E-state index is 6.37. The van der Waals surface area contributed by atoms with Gasteiger partial charge in [0.2, 0.25) is 5.89 Å². The van der Waals surface area contributed by atoms with Crippen LogP contribution in [0.2, 0.25) is 0 Å². The van der Waals surface area contributed by atoms with Gasteiger partial charge < -0.3 is 9.32 Å². The topological polar surface area (TPSA) is 29.3 Å². The van der Waals surface area contributed by atoms with Gasteiger partial charge in [-0.2, -0.15) is 0 Å². The van der Waals surface area contributed by atoms with Crippen molar-refractivity contribution in [1.29, 1.82) is 0 Å². The third kappa shape index (κ3) is 5.51. The average molecular weight is 641 g/mol. The highest BCUT2D eigenvalue weighted by atomic mass is 16.3. The predicted octanol–water partition coefficient (Wildman–Crippen LogP) is 13.1. The van der Waals surface area contributed by atoms with E-state index in [9.17, 15) is 0 Å². The minimum atomic E-state index is 0.625. The Morgan fingerprint density at radius 1 is 0.380 bits per heavy atom. The number of hydrogen-bond acceptors (Lipinski definition) is 3. The van der Waals surface area contributed by atoms with Crippen LogP contribution >= 0.6 is 0 Å². The molecule has 0 unspecified atom stereocenters. The molecule has 0 atom stereocenters. The van der Waals surface area contributed by atoms with Gasteiger partial charge in [0.15, 0.2) is 5.58 Å². The molecule has 0 radical (unpaired) electrons. The van der Waals surface area contributed by atoms with Gasteiger partial charge in [-0.3, -0.25) is 0 Å². The molecule has 3 heteroatoms. The Kier molecular flexibility index (Phi) is 7.49. The summed E-state index contributed by atoms with van der Waals surface area (Å²) in [5.74, 6) is 0.625. The number of para-hydroxylation sites is 2. The maximum Gasteiger partial charge on any atom is 0.227 e. The van der Waals surface area contributed by atoms with E-state index >= 15 is 0 Å². The second-order valence-electron chi connectivity index (χ2n) is 12.4. The number of fused-ring (bicyclic) bond motifs is 2. The van der Waals surface area contributed by atoms with Crippen LogP contribution in [0.4, 0.5) is 17.1 Å². The van der Waals surface area contributed by atoms with Crippen LogP contribution in [-0.2, 0) is 0 Å². The zero-order chi connectivity index (χ0) is 33.3. The van der Waals surface area contributed by atoms with E-state index in [0.717, 1.165) is 50.4 Å². The fraction of sp³-hybridized carbons (Fsp3) is 0. The fourth-order valence-electron chi connectivity index (χ4n) is 6.80. The van der Waals surface area contributed by atoms with Crippen molar-refractivity contribution < 1.29 is 4.42 Å². The average Bonchev–Trinajstić information content (AvgIpc) is 3.64. The Hall–Kier alpha value is -6.71. The van der Waals surface area contributed by atoms with Crippen LogP contribution in [0.3, 0.4) is 0 Å². The van der Waals surface area contributed by atoms with Crippen LogP contribution in [0.25, 0.3) is 66.7 Å². The molecule has 9 rings (SSSR count). The second-order valence-corrected chi connectivity index (χ2v) is 12.4. The number of anilines is 3. The quantitative estimate of drug-likeness (QED) is 0.174. The molecule has 0 saturated carbocycles. The van der Waals surface area contributed by atoms with Gasteiger partial charge in [-0.1, -0.05) is 140 Å². The third-order valence-electron chi connectivity index (χ3n) is 9.31. The van der Waals surface area contributed by atoms with Crippen molar-refractivity contribution in [3.63, 3.8) is 0 Å². The van der Waals surface area contributed by atoms with E-state index < -0.39 is 0 Å². The lowest BCUT2D eigenvalue weighted by Gasteiger charge is -2.28. The molecule has 0 N–H and O–H groups in total. The Labute approximate surface area is 291 Å². The van der Waals surface area contributed by atoms with Crippen LogP contribution < -0.4 is 4.90 Å². The van der Waals surface area contributed by atoms with E-state index in [1.165, 1.54) is 27.5 Å². The molecule has 3 nitrogen and oxygen atoms in total. The van der Waals surface area contributed by atoms with Crippen LogP contribution in [0.1, 0.15) is 0 Å². The van der Waals surface area contributed by atoms with Crippen molar-refractivity contribution in [3.05, 3.63) is 194 Å². The summed E-state index contributed by atoms with van der Waals surface area (Å²) >= 11 is 0. The zero-order valence-corrected chi connectivity index (χ0v) is 27.3. The van der Waals surface area contributed by atoms with Gasteiger partial charge in [-0.05, 0) is 87.6 Å². The Morgan fingerprint density at radius 2 is 0.940 bits per heavy atom. The first kappa shape index (κ1) is 29.4. The number of aromatic nitrogens is 1. The highest BCUT2D eigenvalue weighted by molar-refractivity contribution is 5.93. The minimum Gasteiger partial charge on any atom is -0.435 e. The molecule has 0 amide bonds. The first-order valence-corrected chi connectivity index (χ1v) is 16.9. The van der Waals surface area contributed by atoms with Gasteiger partial charge in [-0.15, -0.1) is 0 Å². The largest absolute Gasteiger partial charge is 0.435 e. The van der Waals surface area contributed by atoms with Crippen molar-refractivity contribution >= 4 is 38.9 Å². The number of nitrogens with zero attached hydrogens (tertiary/aromatic N) is 2. The van der Waals surface area contributed by atoms with Crippen molar-refractivity contribution in [2.75, 3.05) is 4.90 Å². The minimum absolute atomic E-state index is 0.625. The number of benzene rings is 8. The summed E-state index contributed by atoms with van der Waals surface area (Å²) in [4.78, 5) is 7.15. The molecule has 1 heterocycles. The van der Waals surface area contributed by atoms with E-state index in [-0.39, 0.29) is 0 Å². The standard InChI is InChI=1S/C47H32N2O/c1-3-13-35(14-4-1)42-18-9-10-21-45(42)49(40-28-24-34(25-29-40)39-23-22-33-12-7-8-17-38(33)32-39)41-30-26-36(27-31-41)43-19-11-20-44-46(43)50-47(48-44)37-15-5-2-6-16-37/h1-32H. The van der Waals surface area contributed by atoms with Crippen molar-refractivity contribution in [2.45, 2.75) is 0 Å². The lowest BCUT2D eigenvalue weighted by molar-refractivity contribution is 0.621. The maximum absolute atomic E-state index is 6.37. The molecule has 0 bridgehead atoms. The molecule has 0 aliphatic rings. The van der Waals surface area contributed by atoms with E-state index in [2.05, 4.69) is 157 Å². The summed E-state index contributed by atoms with van der Waals surface area (Å²) in [6, 6.07) is 68.2. The smallest absolute Gasteiger partial charge is 0.227 e. The molecule has 0 spiro atoms. The summed E-state index contributed by atoms with van der Waals surface area (Å²) in [6.07, 6.45) is 0.